The highest BCUT2D eigenvalue weighted by molar-refractivity contribution is 6.22. The van der Waals surface area contributed by atoms with Crippen molar-refractivity contribution in [2.24, 2.45) is 0 Å². The van der Waals surface area contributed by atoms with Crippen LogP contribution in [-0.4, -0.2) is 19.9 Å². The smallest absolute Gasteiger partial charge is 0.160 e. The van der Waals surface area contributed by atoms with E-state index in [1.165, 1.54) is 27.3 Å². The zero-order valence-electron chi connectivity index (χ0n) is 29.3. The summed E-state index contributed by atoms with van der Waals surface area (Å²) >= 11 is 0. The van der Waals surface area contributed by atoms with E-state index in [1.807, 2.05) is 24.4 Å². The second-order valence-electron chi connectivity index (χ2n) is 13.5. The molecule has 252 valence electrons. The van der Waals surface area contributed by atoms with Crippen molar-refractivity contribution in [1.29, 1.82) is 0 Å². The molecule has 0 saturated heterocycles. The third-order valence-electron chi connectivity index (χ3n) is 10.2. The third-order valence-corrected chi connectivity index (χ3v) is 10.2. The van der Waals surface area contributed by atoms with E-state index in [0.717, 1.165) is 66.9 Å². The summed E-state index contributed by atoms with van der Waals surface area (Å²) in [5.41, 5.74) is 11.8. The van der Waals surface area contributed by atoms with Gasteiger partial charge < -0.3 is 0 Å². The van der Waals surface area contributed by atoms with Crippen molar-refractivity contribution in [2.75, 3.05) is 0 Å². The number of nitrogens with zero attached hydrogens (tertiary/aromatic N) is 4. The largest absolute Gasteiger partial charge is 0.254 e. The highest BCUT2D eigenvalue weighted by Crippen LogP contribution is 2.37. The lowest BCUT2D eigenvalue weighted by Crippen LogP contribution is -1.97. The topological polar surface area (TPSA) is 51.6 Å². The van der Waals surface area contributed by atoms with E-state index in [1.54, 1.807) is 0 Å². The van der Waals surface area contributed by atoms with Gasteiger partial charge in [-0.2, -0.15) is 0 Å². The normalized spacial score (nSPS) is 11.3. The fraction of sp³-hybridized carbons (Fsp3) is 0. The number of fused-ring (bicyclic) bond motifs is 5. The van der Waals surface area contributed by atoms with Gasteiger partial charge in [-0.15, -0.1) is 0 Å². The minimum atomic E-state index is 0.660. The van der Waals surface area contributed by atoms with Crippen LogP contribution in [0, 0.1) is 0 Å². The lowest BCUT2D eigenvalue weighted by atomic mass is 9.96. The quantitative estimate of drug-likeness (QED) is 0.163. The summed E-state index contributed by atoms with van der Waals surface area (Å²) in [6, 6.07) is 65.4. The summed E-state index contributed by atoms with van der Waals surface area (Å²) in [5, 5.41) is 5.83. The minimum Gasteiger partial charge on any atom is -0.254 e. The minimum absolute atomic E-state index is 0.660. The van der Waals surface area contributed by atoms with Crippen LogP contribution in [0.2, 0.25) is 0 Å². The van der Waals surface area contributed by atoms with Crippen LogP contribution >= 0.6 is 0 Å². The maximum atomic E-state index is 5.16. The molecule has 0 unspecified atom stereocenters. The van der Waals surface area contributed by atoms with Crippen molar-refractivity contribution in [2.45, 2.75) is 0 Å². The van der Waals surface area contributed by atoms with Crippen molar-refractivity contribution in [3.8, 4) is 67.5 Å². The molecule has 0 atom stereocenters. The molecule has 0 aliphatic rings. The maximum Gasteiger partial charge on any atom is 0.160 e. The van der Waals surface area contributed by atoms with Crippen molar-refractivity contribution in [3.63, 3.8) is 0 Å². The number of hydrogen-bond donors (Lipinski definition) is 0. The molecular formula is C50H32N4. The number of hydrogen-bond acceptors (Lipinski definition) is 4. The Balaban J connectivity index is 1.08. The van der Waals surface area contributed by atoms with Crippen molar-refractivity contribution in [1.82, 2.24) is 19.9 Å². The molecule has 10 aromatic rings. The molecule has 0 spiro atoms. The van der Waals surface area contributed by atoms with E-state index in [-0.39, 0.29) is 0 Å². The molecule has 0 aliphatic heterocycles. The Morgan fingerprint density at radius 3 is 1.52 bits per heavy atom. The van der Waals surface area contributed by atoms with Crippen LogP contribution in [-0.2, 0) is 0 Å². The Bertz CT molecular complexity index is 2820. The van der Waals surface area contributed by atoms with Gasteiger partial charge in [-0.05, 0) is 57.3 Å². The van der Waals surface area contributed by atoms with Gasteiger partial charge in [0.05, 0.1) is 28.3 Å². The van der Waals surface area contributed by atoms with E-state index < -0.39 is 0 Å². The standard InChI is InChI=1S/C50H32N4/c1-3-11-33(12-4-1)35-19-23-38(24-20-35)46-31-47(54-50(53-46)39-25-21-36(22-26-39)34-13-5-2-6-14-34)40-28-30-45(51-32-40)49-43-29-27-37-15-7-8-16-41(37)48(43)42-17-9-10-18-44(42)52-49/h1-32H. The Morgan fingerprint density at radius 1 is 0.315 bits per heavy atom. The van der Waals surface area contributed by atoms with Gasteiger partial charge in [0.1, 0.15) is 0 Å². The maximum absolute atomic E-state index is 5.16. The Labute approximate surface area is 313 Å². The van der Waals surface area contributed by atoms with Gasteiger partial charge in [-0.3, -0.25) is 4.98 Å². The number of rotatable bonds is 6. The predicted octanol–water partition coefficient (Wildman–Crippen LogP) is 12.7. The van der Waals surface area contributed by atoms with Crippen LogP contribution in [0.1, 0.15) is 0 Å². The van der Waals surface area contributed by atoms with Gasteiger partial charge in [0, 0.05) is 39.0 Å². The molecule has 7 aromatic carbocycles. The summed E-state index contributed by atoms with van der Waals surface area (Å²) in [6.07, 6.45) is 1.91. The highest BCUT2D eigenvalue weighted by atomic mass is 14.9. The van der Waals surface area contributed by atoms with Crippen molar-refractivity contribution >= 4 is 32.4 Å². The second-order valence-corrected chi connectivity index (χ2v) is 13.5. The zero-order valence-corrected chi connectivity index (χ0v) is 29.3. The summed E-state index contributed by atoms with van der Waals surface area (Å²) in [4.78, 5) is 20.4. The first-order valence-electron chi connectivity index (χ1n) is 18.1. The predicted molar refractivity (Wildman–Crippen MR) is 223 cm³/mol. The van der Waals surface area contributed by atoms with Crippen LogP contribution in [0.3, 0.4) is 0 Å². The fourth-order valence-electron chi connectivity index (χ4n) is 7.38. The van der Waals surface area contributed by atoms with Crippen molar-refractivity contribution < 1.29 is 0 Å². The van der Waals surface area contributed by atoms with Gasteiger partial charge in [-0.25, -0.2) is 15.0 Å². The number of benzene rings is 7. The average Bonchev–Trinajstić information content (AvgIpc) is 3.26. The summed E-state index contributed by atoms with van der Waals surface area (Å²) in [5.74, 6) is 0.660. The first-order chi connectivity index (χ1) is 26.7. The lowest BCUT2D eigenvalue weighted by Gasteiger charge is -2.13. The molecule has 3 aromatic heterocycles. The second kappa shape index (κ2) is 13.4. The average molecular weight is 689 g/mol. The van der Waals surface area contributed by atoms with E-state index in [9.17, 15) is 0 Å². The molecule has 0 aliphatic carbocycles. The summed E-state index contributed by atoms with van der Waals surface area (Å²) < 4.78 is 0. The van der Waals surface area contributed by atoms with Gasteiger partial charge in [0.15, 0.2) is 5.82 Å². The first-order valence-corrected chi connectivity index (χ1v) is 18.1. The van der Waals surface area contributed by atoms with Crippen molar-refractivity contribution in [3.05, 3.63) is 194 Å². The summed E-state index contributed by atoms with van der Waals surface area (Å²) in [7, 11) is 0. The fourth-order valence-corrected chi connectivity index (χ4v) is 7.38. The molecule has 10 rings (SSSR count). The molecule has 54 heavy (non-hydrogen) atoms. The first kappa shape index (κ1) is 31.4. The van der Waals surface area contributed by atoms with Gasteiger partial charge in [0.25, 0.3) is 0 Å². The number of pyridine rings is 2. The highest BCUT2D eigenvalue weighted by Gasteiger charge is 2.16. The monoisotopic (exact) mass is 688 g/mol. The Hall–Kier alpha value is -7.30. The van der Waals surface area contributed by atoms with Crippen LogP contribution in [0.25, 0.3) is 100.0 Å². The van der Waals surface area contributed by atoms with Gasteiger partial charge >= 0.3 is 0 Å². The molecule has 0 bridgehead atoms. The Kier molecular flexibility index (Phi) is 7.77. The third kappa shape index (κ3) is 5.76. The van der Waals surface area contributed by atoms with Crippen LogP contribution < -0.4 is 0 Å². The molecule has 0 radical (unpaired) electrons. The molecular weight excluding hydrogens is 657 g/mol. The molecule has 0 amide bonds. The number of aromatic nitrogens is 4. The van der Waals surface area contributed by atoms with E-state index in [2.05, 4.69) is 170 Å². The molecule has 3 heterocycles. The van der Waals surface area contributed by atoms with Crippen LogP contribution in [0.15, 0.2) is 194 Å². The van der Waals surface area contributed by atoms with Crippen LogP contribution in [0.5, 0.6) is 0 Å². The molecule has 0 N–H and O–H groups in total. The summed E-state index contributed by atoms with van der Waals surface area (Å²) in [6.45, 7) is 0. The van der Waals surface area contributed by atoms with Gasteiger partial charge in [-0.1, -0.05) is 164 Å². The molecule has 4 nitrogen and oxygen atoms in total. The van der Waals surface area contributed by atoms with Gasteiger partial charge in [0.2, 0.25) is 0 Å². The Morgan fingerprint density at radius 2 is 0.852 bits per heavy atom. The zero-order chi connectivity index (χ0) is 35.8. The van der Waals surface area contributed by atoms with E-state index in [4.69, 9.17) is 19.9 Å². The van der Waals surface area contributed by atoms with Crippen LogP contribution in [0.4, 0.5) is 0 Å². The SMILES string of the molecule is c1ccc(-c2ccc(-c3cc(-c4ccc(-c5nc6ccccc6c6c5ccc5ccccc56)nc4)nc(-c4ccc(-c5ccccc5)cc4)n3)cc2)cc1. The number of para-hydroxylation sites is 1. The molecule has 0 saturated carbocycles. The molecule has 0 fully saturated rings. The lowest BCUT2D eigenvalue weighted by molar-refractivity contribution is 1.18. The van der Waals surface area contributed by atoms with E-state index >= 15 is 0 Å². The molecule has 4 heteroatoms. The van der Waals surface area contributed by atoms with E-state index in [0.29, 0.717) is 5.82 Å².